The predicted molar refractivity (Wildman–Crippen MR) is 100 cm³/mol. The van der Waals surface area contributed by atoms with Gasteiger partial charge in [0.25, 0.3) is 11.2 Å². The zero-order chi connectivity index (χ0) is 19.7. The van der Waals surface area contributed by atoms with Crippen LogP contribution >= 0.6 is 0 Å². The number of pyridine rings is 1. The van der Waals surface area contributed by atoms with Gasteiger partial charge in [-0.3, -0.25) is 19.7 Å². The van der Waals surface area contributed by atoms with Gasteiger partial charge in [0.1, 0.15) is 5.75 Å². The predicted octanol–water partition coefficient (Wildman–Crippen LogP) is 3.50. The van der Waals surface area contributed by atoms with Crippen molar-refractivity contribution in [3.8, 4) is 16.9 Å². The Bertz CT molecular complexity index is 1110. The van der Waals surface area contributed by atoms with Gasteiger partial charge >= 0.3 is 0 Å². The van der Waals surface area contributed by atoms with Crippen molar-refractivity contribution in [1.82, 2.24) is 4.98 Å². The van der Waals surface area contributed by atoms with Gasteiger partial charge in [0.15, 0.2) is 5.78 Å². The van der Waals surface area contributed by atoms with E-state index in [9.17, 15) is 24.8 Å². The first-order chi connectivity index (χ1) is 12.8. The van der Waals surface area contributed by atoms with Crippen LogP contribution in [-0.2, 0) is 0 Å². The molecule has 0 amide bonds. The summed E-state index contributed by atoms with van der Waals surface area (Å²) in [6.07, 6.45) is 1.29. The van der Waals surface area contributed by atoms with Crippen LogP contribution in [-0.4, -0.2) is 20.8 Å². The molecule has 7 nitrogen and oxygen atoms in total. The Morgan fingerprint density at radius 3 is 2.33 bits per heavy atom. The van der Waals surface area contributed by atoms with Crippen molar-refractivity contribution in [3.63, 3.8) is 0 Å². The number of phenols is 1. The van der Waals surface area contributed by atoms with E-state index in [0.717, 1.165) is 11.1 Å². The molecule has 0 aliphatic heterocycles. The number of non-ortho nitro benzene ring substituents is 1. The minimum atomic E-state index is -0.531. The maximum atomic E-state index is 12.8. The molecule has 0 bridgehead atoms. The zero-order valence-corrected chi connectivity index (χ0v) is 14.6. The Labute approximate surface area is 154 Å². The molecule has 0 aliphatic rings. The highest BCUT2D eigenvalue weighted by Gasteiger charge is 2.17. The third-order valence-electron chi connectivity index (χ3n) is 4.41. The van der Waals surface area contributed by atoms with Gasteiger partial charge in [-0.15, -0.1) is 0 Å². The van der Waals surface area contributed by atoms with E-state index in [-0.39, 0.29) is 28.1 Å². The molecule has 7 heteroatoms. The van der Waals surface area contributed by atoms with Gasteiger partial charge in [-0.25, -0.2) is 0 Å². The first-order valence-electron chi connectivity index (χ1n) is 8.10. The van der Waals surface area contributed by atoms with Gasteiger partial charge in [-0.1, -0.05) is 0 Å². The maximum absolute atomic E-state index is 12.8. The zero-order valence-electron chi connectivity index (χ0n) is 14.6. The Hall–Kier alpha value is -3.74. The van der Waals surface area contributed by atoms with Gasteiger partial charge in [-0.2, -0.15) is 0 Å². The van der Waals surface area contributed by atoms with E-state index in [4.69, 9.17) is 0 Å². The number of nitro benzene ring substituents is 1. The van der Waals surface area contributed by atoms with Crippen molar-refractivity contribution >= 4 is 11.5 Å². The largest absolute Gasteiger partial charge is 0.507 e. The number of nitrogens with zero attached hydrogens (tertiary/aromatic N) is 1. The number of nitro groups is 1. The second-order valence-electron chi connectivity index (χ2n) is 6.22. The number of phenolic OH excluding ortho intramolecular Hbond substituents is 1. The molecule has 2 N–H and O–H groups in total. The van der Waals surface area contributed by atoms with Crippen molar-refractivity contribution in [3.05, 3.63) is 91.4 Å². The van der Waals surface area contributed by atoms with Crippen LogP contribution in [0.2, 0.25) is 0 Å². The second kappa shape index (κ2) is 6.87. The van der Waals surface area contributed by atoms with E-state index in [2.05, 4.69) is 4.98 Å². The van der Waals surface area contributed by atoms with E-state index < -0.39 is 16.3 Å². The van der Waals surface area contributed by atoms with Gasteiger partial charge in [-0.05, 0) is 60.9 Å². The highest BCUT2D eigenvalue weighted by atomic mass is 16.6. The molecule has 0 fully saturated rings. The number of aromatic amines is 1. The number of rotatable bonds is 4. The lowest BCUT2D eigenvalue weighted by Gasteiger charge is -2.09. The molecule has 3 rings (SSSR count). The minimum Gasteiger partial charge on any atom is -0.507 e. The van der Waals surface area contributed by atoms with E-state index in [1.165, 1.54) is 42.6 Å². The van der Waals surface area contributed by atoms with Crippen LogP contribution in [0.3, 0.4) is 0 Å². The molecule has 0 atom stereocenters. The fourth-order valence-corrected chi connectivity index (χ4v) is 2.73. The summed E-state index contributed by atoms with van der Waals surface area (Å²) in [6.45, 7) is 3.66. The molecule has 2 aromatic carbocycles. The number of hydrogen-bond donors (Lipinski definition) is 2. The highest BCUT2D eigenvalue weighted by Crippen LogP contribution is 2.26. The van der Waals surface area contributed by atoms with Crippen LogP contribution in [0.5, 0.6) is 5.75 Å². The number of nitrogens with one attached hydrogen (secondary N) is 1. The van der Waals surface area contributed by atoms with Crippen molar-refractivity contribution in [1.29, 1.82) is 0 Å². The normalized spacial score (nSPS) is 10.6. The Morgan fingerprint density at radius 2 is 1.70 bits per heavy atom. The molecular weight excluding hydrogens is 348 g/mol. The molecule has 27 heavy (non-hydrogen) atoms. The van der Waals surface area contributed by atoms with E-state index in [0.29, 0.717) is 5.56 Å². The summed E-state index contributed by atoms with van der Waals surface area (Å²) in [5, 5.41) is 20.9. The number of carbonyl (C=O) groups is 1. The number of carbonyl (C=O) groups excluding carboxylic acids is 1. The van der Waals surface area contributed by atoms with Crippen LogP contribution in [0, 0.1) is 24.0 Å². The number of ketones is 1. The van der Waals surface area contributed by atoms with Gasteiger partial charge in [0.05, 0.1) is 10.5 Å². The standard InChI is InChI=1S/C20H16N2O5/c1-11-7-17(18(23)8-12(11)2)19(24)14-9-16(20(25)21-10-14)13-3-5-15(6-4-13)22(26)27/h3-10,23H,1-2H3,(H,21,25). The van der Waals surface area contributed by atoms with Crippen molar-refractivity contribution in [2.45, 2.75) is 13.8 Å². The molecule has 0 unspecified atom stereocenters. The lowest BCUT2D eigenvalue weighted by Crippen LogP contribution is -2.12. The molecule has 136 valence electrons. The molecule has 0 saturated carbocycles. The first-order valence-corrected chi connectivity index (χ1v) is 8.10. The third kappa shape index (κ3) is 3.48. The van der Waals surface area contributed by atoms with Gasteiger partial charge in [0.2, 0.25) is 0 Å². The molecule has 3 aromatic rings. The van der Waals surface area contributed by atoms with Gasteiger partial charge < -0.3 is 10.1 Å². The molecule has 1 aromatic heterocycles. The summed E-state index contributed by atoms with van der Waals surface area (Å²) >= 11 is 0. The van der Waals surface area contributed by atoms with E-state index >= 15 is 0 Å². The van der Waals surface area contributed by atoms with Crippen molar-refractivity contribution in [2.75, 3.05) is 0 Å². The maximum Gasteiger partial charge on any atom is 0.269 e. The quantitative estimate of drug-likeness (QED) is 0.418. The number of hydrogen-bond acceptors (Lipinski definition) is 5. The van der Waals surface area contributed by atoms with Crippen LogP contribution in [0.25, 0.3) is 11.1 Å². The molecule has 1 heterocycles. The molecule has 0 radical (unpaired) electrons. The number of H-pyrrole nitrogens is 1. The number of benzene rings is 2. The van der Waals surface area contributed by atoms with Crippen molar-refractivity contribution in [2.24, 2.45) is 0 Å². The average Bonchev–Trinajstić information content (AvgIpc) is 2.64. The summed E-state index contributed by atoms with van der Waals surface area (Å²) in [6, 6.07) is 10.0. The third-order valence-corrected chi connectivity index (χ3v) is 4.41. The fraction of sp³-hybridized carbons (Fsp3) is 0.100. The smallest absolute Gasteiger partial charge is 0.269 e. The van der Waals surface area contributed by atoms with Crippen LogP contribution in [0.15, 0.2) is 53.5 Å². The summed E-state index contributed by atoms with van der Waals surface area (Å²) in [5.41, 5.74) is 2.18. The van der Waals surface area contributed by atoms with E-state index in [1.54, 1.807) is 6.07 Å². The fourth-order valence-electron chi connectivity index (χ4n) is 2.73. The Morgan fingerprint density at radius 1 is 1.07 bits per heavy atom. The van der Waals surface area contributed by atoms with E-state index in [1.807, 2.05) is 13.8 Å². The van der Waals surface area contributed by atoms with Crippen LogP contribution in [0.4, 0.5) is 5.69 Å². The van der Waals surface area contributed by atoms with Crippen molar-refractivity contribution < 1.29 is 14.8 Å². The first kappa shape index (κ1) is 18.1. The monoisotopic (exact) mass is 364 g/mol. The SMILES string of the molecule is Cc1cc(O)c(C(=O)c2c[nH]c(=O)c(-c3ccc([N+](=O)[O-])cc3)c2)cc1C. The summed E-state index contributed by atoms with van der Waals surface area (Å²) < 4.78 is 0. The number of aromatic hydroxyl groups is 1. The molecule has 0 spiro atoms. The Balaban J connectivity index is 2.05. The average molecular weight is 364 g/mol. The second-order valence-corrected chi connectivity index (χ2v) is 6.22. The lowest BCUT2D eigenvalue weighted by molar-refractivity contribution is -0.384. The topological polar surface area (TPSA) is 113 Å². The highest BCUT2D eigenvalue weighted by molar-refractivity contribution is 6.11. The molecule has 0 aliphatic carbocycles. The van der Waals surface area contributed by atoms with Crippen LogP contribution < -0.4 is 5.56 Å². The Kier molecular flexibility index (Phi) is 4.60. The molecular formula is C20H16N2O5. The number of aromatic nitrogens is 1. The molecule has 0 saturated heterocycles. The number of aryl methyl sites for hydroxylation is 2. The lowest BCUT2D eigenvalue weighted by atomic mass is 9.97. The van der Waals surface area contributed by atoms with Crippen LogP contribution in [0.1, 0.15) is 27.0 Å². The van der Waals surface area contributed by atoms with Gasteiger partial charge in [0, 0.05) is 29.5 Å². The summed E-state index contributed by atoms with van der Waals surface area (Å²) in [7, 11) is 0. The minimum absolute atomic E-state index is 0.0949. The summed E-state index contributed by atoms with van der Waals surface area (Å²) in [5.74, 6) is -0.568. The summed E-state index contributed by atoms with van der Waals surface area (Å²) in [4.78, 5) is 37.7.